The van der Waals surface area contributed by atoms with Crippen LogP contribution in [0.4, 0.5) is 0 Å². The first kappa shape index (κ1) is 8.11. The van der Waals surface area contributed by atoms with E-state index in [0.29, 0.717) is 11.0 Å². The van der Waals surface area contributed by atoms with Crippen LogP contribution < -0.4 is 10.2 Å². The largest absolute Gasteiger partial charge is 0.618 e. The quantitative estimate of drug-likeness (QED) is 0.322. The molecule has 13 heavy (non-hydrogen) atoms. The van der Waals surface area contributed by atoms with E-state index in [-0.39, 0.29) is 0 Å². The number of benzene rings is 1. The van der Waals surface area contributed by atoms with E-state index < -0.39 is 0 Å². The fourth-order valence-corrected chi connectivity index (χ4v) is 1.39. The maximum atomic E-state index is 11.4. The van der Waals surface area contributed by atoms with Crippen LogP contribution in [0.1, 0.15) is 5.56 Å². The summed E-state index contributed by atoms with van der Waals surface area (Å²) in [4.78, 5) is 0. The summed E-state index contributed by atoms with van der Waals surface area (Å²) in [7, 11) is 5.54. The smallest absolute Gasteiger partial charge is 0.223 e. The molecule has 1 aromatic carbocycles. The average molecular weight is 169 g/mol. The van der Waals surface area contributed by atoms with Gasteiger partial charge in [-0.3, -0.25) is 0 Å². The molecule has 0 aliphatic rings. The molecule has 2 rings (SSSR count). The lowest BCUT2D eigenvalue weighted by Crippen LogP contribution is -2.31. The Bertz CT molecular complexity index is 468. The lowest BCUT2D eigenvalue weighted by atomic mass is 9.97. The molecule has 0 spiro atoms. The lowest BCUT2D eigenvalue weighted by Gasteiger charge is -2.03. The van der Waals surface area contributed by atoms with Crippen LogP contribution in [-0.4, -0.2) is 7.85 Å². The molecule has 0 unspecified atom stereocenters. The molecule has 0 aliphatic carbocycles. The maximum Gasteiger partial charge on any atom is 0.223 e. The Kier molecular flexibility index (Phi) is 1.73. The molecule has 2 radical (unpaired) electrons. The summed E-state index contributed by atoms with van der Waals surface area (Å²) in [5, 5.41) is 12.3. The Balaban J connectivity index is 2.87. The Morgan fingerprint density at radius 2 is 2.08 bits per heavy atom. The van der Waals surface area contributed by atoms with Crippen molar-refractivity contribution in [2.75, 3.05) is 0 Å². The highest BCUT2D eigenvalue weighted by Gasteiger charge is 2.03. The number of hydrogen-bond acceptors (Lipinski definition) is 1. The topological polar surface area (TPSA) is 26.9 Å². The maximum absolute atomic E-state index is 11.4. The first-order valence-electron chi connectivity index (χ1n) is 4.06. The predicted octanol–water partition coefficient (Wildman–Crippen LogP) is 0.575. The van der Waals surface area contributed by atoms with Crippen LogP contribution >= 0.6 is 0 Å². The van der Waals surface area contributed by atoms with E-state index in [1.807, 2.05) is 25.1 Å². The number of hydrogen-bond donors (Lipinski definition) is 0. The highest BCUT2D eigenvalue weighted by atomic mass is 16.5. The fourth-order valence-electron chi connectivity index (χ4n) is 1.39. The van der Waals surface area contributed by atoms with Gasteiger partial charge in [0.05, 0.1) is 0 Å². The highest BCUT2D eigenvalue weighted by Crippen LogP contribution is 2.09. The van der Waals surface area contributed by atoms with E-state index in [4.69, 9.17) is 7.85 Å². The zero-order chi connectivity index (χ0) is 9.42. The molecule has 1 heterocycles. The van der Waals surface area contributed by atoms with Crippen LogP contribution in [0.5, 0.6) is 0 Å². The van der Waals surface area contributed by atoms with E-state index in [2.05, 4.69) is 0 Å². The van der Waals surface area contributed by atoms with E-state index in [1.165, 1.54) is 6.20 Å². The van der Waals surface area contributed by atoms with Crippen LogP contribution in [0.15, 0.2) is 30.5 Å². The van der Waals surface area contributed by atoms with Gasteiger partial charge in [0.2, 0.25) is 5.52 Å². The molecule has 0 fully saturated rings. The first-order chi connectivity index (χ1) is 6.16. The van der Waals surface area contributed by atoms with Gasteiger partial charge in [0, 0.05) is 11.5 Å². The summed E-state index contributed by atoms with van der Waals surface area (Å²) in [6, 6.07) is 7.50. The van der Waals surface area contributed by atoms with Crippen molar-refractivity contribution in [3.63, 3.8) is 0 Å². The lowest BCUT2D eigenvalue weighted by molar-refractivity contribution is -0.576. The molecular formula is C10H8BNO. The van der Waals surface area contributed by atoms with Crippen molar-refractivity contribution in [3.8, 4) is 0 Å². The van der Waals surface area contributed by atoms with Gasteiger partial charge in [-0.25, -0.2) is 0 Å². The van der Waals surface area contributed by atoms with Crippen molar-refractivity contribution in [1.82, 2.24) is 0 Å². The highest BCUT2D eigenvalue weighted by molar-refractivity contribution is 6.32. The zero-order valence-corrected chi connectivity index (χ0v) is 7.32. The van der Waals surface area contributed by atoms with Crippen LogP contribution in [0.2, 0.25) is 0 Å². The molecule has 62 valence electrons. The number of aromatic nitrogens is 1. The van der Waals surface area contributed by atoms with E-state index >= 15 is 0 Å². The molecule has 2 aromatic rings. The third kappa shape index (κ3) is 1.37. The molecule has 1 aromatic heterocycles. The molecule has 2 nitrogen and oxygen atoms in total. The third-order valence-corrected chi connectivity index (χ3v) is 2.01. The summed E-state index contributed by atoms with van der Waals surface area (Å²) in [6.07, 6.45) is 1.38. The summed E-state index contributed by atoms with van der Waals surface area (Å²) in [5.41, 5.74) is 2.22. The molecule has 0 aliphatic heterocycles. The number of fused-ring (bicyclic) bond motifs is 1. The molecular weight excluding hydrogens is 161 g/mol. The molecule has 0 bridgehead atoms. The van der Waals surface area contributed by atoms with E-state index in [1.54, 1.807) is 6.07 Å². The second-order valence-corrected chi connectivity index (χ2v) is 3.16. The first-order valence-corrected chi connectivity index (χ1v) is 4.06. The number of pyridine rings is 1. The molecule has 0 atom stereocenters. The van der Waals surface area contributed by atoms with Gasteiger partial charge >= 0.3 is 0 Å². The third-order valence-electron chi connectivity index (χ3n) is 2.01. The van der Waals surface area contributed by atoms with Gasteiger partial charge in [-0.1, -0.05) is 6.07 Å². The van der Waals surface area contributed by atoms with Crippen LogP contribution in [0.3, 0.4) is 0 Å². The van der Waals surface area contributed by atoms with Crippen molar-refractivity contribution in [2.24, 2.45) is 0 Å². The summed E-state index contributed by atoms with van der Waals surface area (Å²) >= 11 is 0. The van der Waals surface area contributed by atoms with Gasteiger partial charge in [0.1, 0.15) is 7.85 Å². The van der Waals surface area contributed by atoms with E-state index in [0.717, 1.165) is 15.7 Å². The minimum Gasteiger partial charge on any atom is -0.618 e. The minimum atomic E-state index is 0.492. The SMILES string of the molecule is [B]c1cc2ccc(C)cc2[n+]([O-])c1. The van der Waals surface area contributed by atoms with Gasteiger partial charge < -0.3 is 5.21 Å². The summed E-state index contributed by atoms with van der Waals surface area (Å²) in [5.74, 6) is 0. The van der Waals surface area contributed by atoms with Gasteiger partial charge in [0.15, 0.2) is 6.20 Å². The molecule has 0 N–H and O–H groups in total. The Morgan fingerprint density at radius 1 is 1.31 bits per heavy atom. The number of aryl methyl sites for hydroxylation is 1. The molecule has 0 saturated heterocycles. The van der Waals surface area contributed by atoms with Gasteiger partial charge in [-0.15, -0.1) is 0 Å². The van der Waals surface area contributed by atoms with Crippen molar-refractivity contribution in [2.45, 2.75) is 6.92 Å². The van der Waals surface area contributed by atoms with Crippen LogP contribution in [0, 0.1) is 12.1 Å². The molecule has 0 saturated carbocycles. The zero-order valence-electron chi connectivity index (χ0n) is 7.32. The standard InChI is InChI=1S/C10H8BNO/c1-7-2-3-8-5-9(11)6-12(13)10(8)4-7/h2-6H,1H3. The number of nitrogens with zero attached hydrogens (tertiary/aromatic N) is 1. The van der Waals surface area contributed by atoms with Gasteiger partial charge in [-0.2, -0.15) is 4.73 Å². The second-order valence-electron chi connectivity index (χ2n) is 3.16. The fraction of sp³-hybridized carbons (Fsp3) is 0.100. The second kappa shape index (κ2) is 2.77. The van der Waals surface area contributed by atoms with Crippen molar-refractivity contribution in [3.05, 3.63) is 41.2 Å². The molecule has 3 heteroatoms. The van der Waals surface area contributed by atoms with Crippen LogP contribution in [-0.2, 0) is 0 Å². The van der Waals surface area contributed by atoms with Gasteiger partial charge in [-0.05, 0) is 30.1 Å². The minimum absolute atomic E-state index is 0.492. The van der Waals surface area contributed by atoms with Gasteiger partial charge in [0.25, 0.3) is 0 Å². The number of rotatable bonds is 0. The van der Waals surface area contributed by atoms with Crippen molar-refractivity contribution in [1.29, 1.82) is 0 Å². The summed E-state index contributed by atoms with van der Waals surface area (Å²) < 4.78 is 0.803. The van der Waals surface area contributed by atoms with Crippen LogP contribution in [0.25, 0.3) is 10.9 Å². The monoisotopic (exact) mass is 169 g/mol. The Labute approximate surface area is 77.8 Å². The predicted molar refractivity (Wildman–Crippen MR) is 53.0 cm³/mol. The van der Waals surface area contributed by atoms with E-state index in [9.17, 15) is 5.21 Å². The van der Waals surface area contributed by atoms with Crippen molar-refractivity contribution < 1.29 is 4.73 Å². The Hall–Kier alpha value is -1.51. The molecule has 0 amide bonds. The normalized spacial score (nSPS) is 10.5. The summed E-state index contributed by atoms with van der Waals surface area (Å²) in [6.45, 7) is 1.95. The Morgan fingerprint density at radius 3 is 2.85 bits per heavy atom. The van der Waals surface area contributed by atoms with Crippen molar-refractivity contribution >= 4 is 24.2 Å². The average Bonchev–Trinajstić information content (AvgIpc) is 2.06.